The van der Waals surface area contributed by atoms with Gasteiger partial charge in [0.1, 0.15) is 6.73 Å². The Balaban J connectivity index is 2.65. The molecule has 1 aromatic rings. The van der Waals surface area contributed by atoms with Gasteiger partial charge in [0.15, 0.2) is 0 Å². The molecule has 28 heavy (non-hydrogen) atoms. The van der Waals surface area contributed by atoms with Gasteiger partial charge in [0.25, 0.3) is 0 Å². The Hall–Kier alpha value is -3.84. The van der Waals surface area contributed by atoms with E-state index in [-0.39, 0.29) is 0 Å². The smallest absolute Gasteiger partial charge is 0.301 e. The van der Waals surface area contributed by atoms with Gasteiger partial charge in [-0.25, -0.2) is 0 Å². The number of methoxy groups -OCH3 is 1. The van der Waals surface area contributed by atoms with Crippen molar-refractivity contribution in [2.45, 2.75) is 11.8 Å². The van der Waals surface area contributed by atoms with Gasteiger partial charge in [-0.1, -0.05) is 5.92 Å². The van der Waals surface area contributed by atoms with Crippen molar-refractivity contribution in [3.05, 3.63) is 18.2 Å². The molecule has 0 unspecified atom stereocenters. The number of thioether (sulfide) groups is 1. The Bertz CT molecular complexity index is 1080. The maximum atomic E-state index is 11.9. The fourth-order valence-electron chi connectivity index (χ4n) is 1.64. The van der Waals surface area contributed by atoms with Gasteiger partial charge in [-0.05, 0) is 90.6 Å². The highest BCUT2D eigenvalue weighted by molar-refractivity contribution is 7.98. The third-order valence-electron chi connectivity index (χ3n) is 2.73. The topological polar surface area (TPSA) is 50.4 Å². The van der Waals surface area contributed by atoms with Crippen LogP contribution in [0, 0.1) is 71.0 Å². The first-order valence-electron chi connectivity index (χ1n) is 7.86. The maximum absolute atomic E-state index is 11.9. The molecule has 0 saturated heterocycles. The SMILES string of the molecule is CC#CC#CC#CC#CC#CC#CC(=O)Nc1ccc(SC)c(NCOC)c1. The summed E-state index contributed by atoms with van der Waals surface area (Å²) < 4.78 is 5.01. The van der Waals surface area contributed by atoms with E-state index in [1.807, 2.05) is 18.4 Å². The molecule has 1 rings (SSSR count). The van der Waals surface area contributed by atoms with Crippen molar-refractivity contribution < 1.29 is 9.53 Å². The Morgan fingerprint density at radius 3 is 2.18 bits per heavy atom. The van der Waals surface area contributed by atoms with Gasteiger partial charge in [0, 0.05) is 23.6 Å². The van der Waals surface area contributed by atoms with Gasteiger partial charge in [0.2, 0.25) is 0 Å². The van der Waals surface area contributed by atoms with Crippen LogP contribution in [-0.4, -0.2) is 26.0 Å². The van der Waals surface area contributed by atoms with E-state index in [0.717, 1.165) is 10.6 Å². The summed E-state index contributed by atoms with van der Waals surface area (Å²) in [6.45, 7) is 2.06. The van der Waals surface area contributed by atoms with Crippen molar-refractivity contribution in [1.82, 2.24) is 0 Å². The van der Waals surface area contributed by atoms with E-state index < -0.39 is 5.91 Å². The molecule has 0 atom stereocenters. The second-order valence-electron chi connectivity index (χ2n) is 4.60. The molecule has 0 bridgehead atoms. The lowest BCUT2D eigenvalue weighted by Gasteiger charge is -2.11. The van der Waals surface area contributed by atoms with Crippen LogP contribution in [0.5, 0.6) is 0 Å². The van der Waals surface area contributed by atoms with Crippen LogP contribution in [0.1, 0.15) is 6.92 Å². The quantitative estimate of drug-likeness (QED) is 0.465. The van der Waals surface area contributed by atoms with Gasteiger partial charge in [-0.15, -0.1) is 11.8 Å². The summed E-state index contributed by atoms with van der Waals surface area (Å²) in [6.07, 6.45) is 1.97. The number of rotatable bonds is 5. The van der Waals surface area contributed by atoms with Crippen LogP contribution < -0.4 is 10.6 Å². The molecule has 2 N–H and O–H groups in total. The summed E-state index contributed by atoms with van der Waals surface area (Å²) >= 11 is 1.59. The lowest BCUT2D eigenvalue weighted by atomic mass is 10.2. The first-order chi connectivity index (χ1) is 13.7. The second kappa shape index (κ2) is 14.3. The third-order valence-corrected chi connectivity index (χ3v) is 3.52. The van der Waals surface area contributed by atoms with E-state index in [1.54, 1.807) is 31.9 Å². The molecule has 0 fully saturated rings. The molecule has 0 spiro atoms. The fraction of sp³-hybridized carbons (Fsp3) is 0.174. The summed E-state index contributed by atoms with van der Waals surface area (Å²) in [5, 5.41) is 5.81. The van der Waals surface area contributed by atoms with Crippen LogP contribution >= 0.6 is 11.8 Å². The predicted molar refractivity (Wildman–Crippen MR) is 115 cm³/mol. The molecule has 0 saturated carbocycles. The third kappa shape index (κ3) is 9.59. The number of anilines is 2. The molecule has 1 amide bonds. The van der Waals surface area contributed by atoms with E-state index in [9.17, 15) is 4.79 Å². The van der Waals surface area contributed by atoms with Crippen molar-refractivity contribution >= 4 is 29.0 Å². The van der Waals surface area contributed by atoms with Crippen molar-refractivity contribution in [3.63, 3.8) is 0 Å². The number of benzene rings is 1. The molecular weight excluding hydrogens is 368 g/mol. The van der Waals surface area contributed by atoms with Crippen molar-refractivity contribution in [3.8, 4) is 71.0 Å². The van der Waals surface area contributed by atoms with Crippen LogP contribution in [0.2, 0.25) is 0 Å². The van der Waals surface area contributed by atoms with Crippen LogP contribution in [0.4, 0.5) is 11.4 Å². The normalized spacial score (nSPS) is 7.39. The molecule has 5 heteroatoms. The van der Waals surface area contributed by atoms with Crippen LogP contribution in [-0.2, 0) is 9.53 Å². The molecule has 0 aliphatic rings. The molecule has 0 aliphatic heterocycles. The minimum absolute atomic E-state index is 0.366. The van der Waals surface area contributed by atoms with E-state index in [1.165, 1.54) is 0 Å². The second-order valence-corrected chi connectivity index (χ2v) is 5.45. The largest absolute Gasteiger partial charge is 0.365 e. The average Bonchev–Trinajstić information content (AvgIpc) is 2.70. The van der Waals surface area contributed by atoms with Crippen molar-refractivity contribution in [2.75, 3.05) is 30.7 Å². The van der Waals surface area contributed by atoms with Gasteiger partial charge in [-0.3, -0.25) is 4.79 Å². The van der Waals surface area contributed by atoms with E-state index >= 15 is 0 Å². The molecule has 0 aromatic heterocycles. The van der Waals surface area contributed by atoms with E-state index in [0.29, 0.717) is 12.4 Å². The Kier molecular flexibility index (Phi) is 11.4. The fourth-order valence-corrected chi connectivity index (χ4v) is 2.19. The Morgan fingerprint density at radius 2 is 1.61 bits per heavy atom. The highest BCUT2D eigenvalue weighted by atomic mass is 32.2. The number of carbonyl (C=O) groups excluding carboxylic acids is 1. The predicted octanol–water partition coefficient (Wildman–Crippen LogP) is 2.40. The van der Waals surface area contributed by atoms with Gasteiger partial charge >= 0.3 is 5.91 Å². The standard InChI is InChI=1S/C23H16N2O2S/c1-4-5-6-7-8-9-10-11-12-13-14-15-23(26)25-20-16-17-22(28-3)21(18-20)24-19-27-2/h16-18,24H,19H2,1-3H3,(H,25,26). The number of hydrogen-bond acceptors (Lipinski definition) is 4. The summed E-state index contributed by atoms with van der Waals surface area (Å²) in [5.41, 5.74) is 1.48. The zero-order chi connectivity index (χ0) is 20.5. The minimum Gasteiger partial charge on any atom is -0.365 e. The summed E-state index contributed by atoms with van der Waals surface area (Å²) in [5.74, 6) is 29.5. The Labute approximate surface area is 170 Å². The molecule has 0 heterocycles. The molecule has 1 aromatic carbocycles. The number of amides is 1. The first kappa shape index (κ1) is 22.2. The molecular formula is C23H16N2O2S. The maximum Gasteiger partial charge on any atom is 0.301 e. The molecule has 0 radical (unpaired) electrons. The highest BCUT2D eigenvalue weighted by Gasteiger charge is 2.04. The summed E-state index contributed by atoms with van der Waals surface area (Å²) in [6, 6.07) is 5.52. The average molecular weight is 384 g/mol. The number of nitrogens with one attached hydrogen (secondary N) is 2. The molecule has 0 aliphatic carbocycles. The summed E-state index contributed by atoms with van der Waals surface area (Å²) in [7, 11) is 1.60. The monoisotopic (exact) mass is 384 g/mol. The van der Waals surface area contributed by atoms with E-state index in [4.69, 9.17) is 4.74 Å². The lowest BCUT2D eigenvalue weighted by molar-refractivity contribution is -0.111. The molecule has 4 nitrogen and oxygen atoms in total. The lowest BCUT2D eigenvalue weighted by Crippen LogP contribution is -2.09. The van der Waals surface area contributed by atoms with Crippen LogP contribution in [0.3, 0.4) is 0 Å². The van der Waals surface area contributed by atoms with Crippen molar-refractivity contribution in [1.29, 1.82) is 0 Å². The molecule has 136 valence electrons. The van der Waals surface area contributed by atoms with Gasteiger partial charge in [0.05, 0.1) is 5.69 Å². The Morgan fingerprint density at radius 1 is 1.00 bits per heavy atom. The van der Waals surface area contributed by atoms with Gasteiger partial charge < -0.3 is 15.4 Å². The van der Waals surface area contributed by atoms with Crippen molar-refractivity contribution in [2.24, 2.45) is 0 Å². The van der Waals surface area contributed by atoms with E-state index in [2.05, 4.69) is 81.7 Å². The number of carbonyl (C=O) groups is 1. The highest BCUT2D eigenvalue weighted by Crippen LogP contribution is 2.28. The van der Waals surface area contributed by atoms with Crippen LogP contribution in [0.25, 0.3) is 0 Å². The summed E-state index contributed by atoms with van der Waals surface area (Å²) in [4.78, 5) is 12.9. The van der Waals surface area contributed by atoms with Crippen LogP contribution in [0.15, 0.2) is 23.1 Å². The first-order valence-corrected chi connectivity index (χ1v) is 9.08. The number of hydrogen-bond donors (Lipinski definition) is 2. The zero-order valence-electron chi connectivity index (χ0n) is 15.7. The minimum atomic E-state index is -0.469. The zero-order valence-corrected chi connectivity index (χ0v) is 16.5. The number of ether oxygens (including phenoxy) is 1. The van der Waals surface area contributed by atoms with Gasteiger partial charge in [-0.2, -0.15) is 0 Å².